The smallest absolute Gasteiger partial charge is 0.416 e. The summed E-state index contributed by atoms with van der Waals surface area (Å²) in [6, 6.07) is 3.98. The molecule has 2 rings (SSSR count). The number of benzene rings is 1. The minimum Gasteiger partial charge on any atom is -0.452 e. The summed E-state index contributed by atoms with van der Waals surface area (Å²) < 4.78 is 42.7. The van der Waals surface area contributed by atoms with Crippen molar-refractivity contribution in [1.82, 2.24) is 5.32 Å². The highest BCUT2D eigenvalue weighted by Crippen LogP contribution is 2.29. The van der Waals surface area contributed by atoms with E-state index in [1.807, 2.05) is 0 Å². The summed E-state index contributed by atoms with van der Waals surface area (Å²) in [5.41, 5.74) is -1.17. The molecule has 0 saturated heterocycles. The summed E-state index contributed by atoms with van der Waals surface area (Å²) in [4.78, 5) is 23.7. The summed E-state index contributed by atoms with van der Waals surface area (Å²) in [6.07, 6.45) is -0.439. The molecule has 24 heavy (non-hydrogen) atoms. The maximum absolute atomic E-state index is 12.6. The minimum absolute atomic E-state index is 0.0542. The molecular weight excluding hydrogens is 323 g/mol. The number of nitrogens with one attached hydrogen (secondary N) is 1. The monoisotopic (exact) mass is 343 g/mol. The summed E-state index contributed by atoms with van der Waals surface area (Å²) in [6.45, 7) is 1.55. The van der Waals surface area contributed by atoms with Crippen molar-refractivity contribution in [1.29, 1.82) is 0 Å². The zero-order valence-corrected chi connectivity index (χ0v) is 13.4. The maximum atomic E-state index is 12.6. The molecule has 1 aliphatic carbocycles. The molecule has 0 heterocycles. The van der Waals surface area contributed by atoms with Gasteiger partial charge in [-0.05, 0) is 37.0 Å². The van der Waals surface area contributed by atoms with E-state index in [1.165, 1.54) is 6.07 Å². The Morgan fingerprint density at radius 1 is 1.25 bits per heavy atom. The largest absolute Gasteiger partial charge is 0.452 e. The molecule has 132 valence electrons. The van der Waals surface area contributed by atoms with Crippen LogP contribution in [-0.4, -0.2) is 24.5 Å². The number of carbonyl (C=O) groups excluding carboxylic acids is 2. The Morgan fingerprint density at radius 2 is 1.96 bits per heavy atom. The van der Waals surface area contributed by atoms with E-state index in [-0.39, 0.29) is 11.6 Å². The van der Waals surface area contributed by atoms with Crippen LogP contribution in [-0.2, 0) is 15.7 Å². The molecule has 1 aromatic rings. The van der Waals surface area contributed by atoms with Gasteiger partial charge in [0.1, 0.15) is 0 Å². The first-order chi connectivity index (χ1) is 11.3. The first-order valence-corrected chi connectivity index (χ1v) is 7.91. The van der Waals surface area contributed by atoms with Crippen molar-refractivity contribution >= 4 is 11.9 Å². The normalized spacial score (nSPS) is 21.2. The van der Waals surface area contributed by atoms with E-state index in [1.54, 1.807) is 0 Å². The van der Waals surface area contributed by atoms with Gasteiger partial charge in [-0.3, -0.25) is 4.79 Å². The summed E-state index contributed by atoms with van der Waals surface area (Å²) in [5, 5.41) is 2.81. The van der Waals surface area contributed by atoms with Crippen molar-refractivity contribution in [3.05, 3.63) is 35.4 Å². The molecule has 1 fully saturated rings. The average Bonchev–Trinajstić information content (AvgIpc) is 2.54. The Kier molecular flexibility index (Phi) is 5.85. The Morgan fingerprint density at radius 3 is 2.62 bits per heavy atom. The van der Waals surface area contributed by atoms with Crippen LogP contribution < -0.4 is 5.32 Å². The number of halogens is 3. The minimum atomic E-state index is -4.54. The van der Waals surface area contributed by atoms with Gasteiger partial charge < -0.3 is 10.1 Å². The number of esters is 1. The molecule has 1 saturated carbocycles. The fraction of sp³-hybridized carbons (Fsp3) is 0.529. The van der Waals surface area contributed by atoms with E-state index in [4.69, 9.17) is 4.74 Å². The van der Waals surface area contributed by atoms with E-state index in [9.17, 15) is 22.8 Å². The first-order valence-electron chi connectivity index (χ1n) is 7.91. The molecule has 1 aromatic carbocycles. The van der Waals surface area contributed by atoms with Crippen molar-refractivity contribution in [3.63, 3.8) is 0 Å². The zero-order valence-electron chi connectivity index (χ0n) is 13.4. The fourth-order valence-electron chi connectivity index (χ4n) is 2.82. The third-order valence-corrected chi connectivity index (χ3v) is 4.22. The van der Waals surface area contributed by atoms with E-state index >= 15 is 0 Å². The van der Waals surface area contributed by atoms with Gasteiger partial charge in [0.05, 0.1) is 11.1 Å². The lowest BCUT2D eigenvalue weighted by molar-refractivity contribution is -0.137. The Hall–Kier alpha value is -2.05. The van der Waals surface area contributed by atoms with Gasteiger partial charge in [0, 0.05) is 6.04 Å². The topological polar surface area (TPSA) is 55.4 Å². The second-order valence-corrected chi connectivity index (χ2v) is 6.09. The highest BCUT2D eigenvalue weighted by atomic mass is 19.4. The molecule has 0 aliphatic heterocycles. The van der Waals surface area contributed by atoms with Crippen LogP contribution in [0.2, 0.25) is 0 Å². The van der Waals surface area contributed by atoms with E-state index in [2.05, 4.69) is 12.2 Å². The van der Waals surface area contributed by atoms with Crippen LogP contribution in [0.25, 0.3) is 0 Å². The van der Waals surface area contributed by atoms with Gasteiger partial charge in [0.15, 0.2) is 6.61 Å². The van der Waals surface area contributed by atoms with Crippen LogP contribution in [0, 0.1) is 5.92 Å². The molecular formula is C17H20F3NO3. The molecule has 0 bridgehead atoms. The third-order valence-electron chi connectivity index (χ3n) is 4.22. The number of hydrogen-bond acceptors (Lipinski definition) is 3. The summed E-state index contributed by atoms with van der Waals surface area (Å²) in [7, 11) is 0. The van der Waals surface area contributed by atoms with Crippen molar-refractivity contribution in [3.8, 4) is 0 Å². The molecule has 0 aromatic heterocycles. The highest BCUT2D eigenvalue weighted by molar-refractivity contribution is 5.91. The van der Waals surface area contributed by atoms with Crippen LogP contribution in [0.15, 0.2) is 24.3 Å². The lowest BCUT2D eigenvalue weighted by atomic mass is 9.86. The molecule has 1 amide bonds. The molecule has 7 heteroatoms. The van der Waals surface area contributed by atoms with Gasteiger partial charge in [-0.15, -0.1) is 0 Å². The second kappa shape index (κ2) is 7.68. The molecule has 2 atom stereocenters. The van der Waals surface area contributed by atoms with Gasteiger partial charge in [0.25, 0.3) is 5.91 Å². The number of ether oxygens (including phenoxy) is 1. The fourth-order valence-corrected chi connectivity index (χ4v) is 2.82. The molecule has 1 N–H and O–H groups in total. The Bertz CT molecular complexity index is 601. The van der Waals surface area contributed by atoms with Gasteiger partial charge in [-0.25, -0.2) is 4.79 Å². The van der Waals surface area contributed by atoms with E-state index < -0.39 is 30.2 Å². The predicted octanol–water partition coefficient (Wildman–Crippen LogP) is 3.56. The Labute approximate surface area is 138 Å². The van der Waals surface area contributed by atoms with Crippen molar-refractivity contribution < 1.29 is 27.5 Å². The number of hydrogen-bond donors (Lipinski definition) is 1. The molecule has 0 spiro atoms. The standard InChI is InChI=1S/C17H20F3NO3/c1-11-5-2-3-8-14(11)21-15(22)10-24-16(23)12-6-4-7-13(9-12)17(18,19)20/h4,6-7,9,11,14H,2-3,5,8,10H2,1H3,(H,21,22)/t11-,14+/m0/s1. The van der Waals surface area contributed by atoms with Gasteiger partial charge in [0.2, 0.25) is 0 Å². The molecule has 4 nitrogen and oxygen atoms in total. The van der Waals surface area contributed by atoms with Crippen LogP contribution >= 0.6 is 0 Å². The maximum Gasteiger partial charge on any atom is 0.416 e. The number of rotatable bonds is 4. The lowest BCUT2D eigenvalue weighted by Gasteiger charge is -2.29. The van der Waals surface area contributed by atoms with Crippen LogP contribution in [0.1, 0.15) is 48.5 Å². The predicted molar refractivity (Wildman–Crippen MR) is 81.3 cm³/mol. The Balaban J connectivity index is 1.87. The SMILES string of the molecule is C[C@H]1CCCC[C@H]1NC(=O)COC(=O)c1cccc(C(F)(F)F)c1. The van der Waals surface area contributed by atoms with Gasteiger partial charge in [-0.1, -0.05) is 25.8 Å². The van der Waals surface area contributed by atoms with Crippen LogP contribution in [0.5, 0.6) is 0 Å². The quantitative estimate of drug-likeness (QED) is 0.851. The molecule has 1 aliphatic rings. The van der Waals surface area contributed by atoms with E-state index in [0.717, 1.165) is 37.8 Å². The second-order valence-electron chi connectivity index (χ2n) is 6.09. The third kappa shape index (κ3) is 4.97. The molecule has 0 radical (unpaired) electrons. The zero-order chi connectivity index (χ0) is 17.7. The van der Waals surface area contributed by atoms with Crippen molar-refractivity contribution in [2.24, 2.45) is 5.92 Å². The van der Waals surface area contributed by atoms with E-state index in [0.29, 0.717) is 12.0 Å². The highest BCUT2D eigenvalue weighted by Gasteiger charge is 2.31. The number of carbonyl (C=O) groups is 2. The van der Waals surface area contributed by atoms with Crippen LogP contribution in [0.4, 0.5) is 13.2 Å². The van der Waals surface area contributed by atoms with Crippen molar-refractivity contribution in [2.75, 3.05) is 6.61 Å². The van der Waals surface area contributed by atoms with Crippen LogP contribution in [0.3, 0.4) is 0 Å². The van der Waals surface area contributed by atoms with Gasteiger partial charge >= 0.3 is 12.1 Å². The van der Waals surface area contributed by atoms with Gasteiger partial charge in [-0.2, -0.15) is 13.2 Å². The lowest BCUT2D eigenvalue weighted by Crippen LogP contribution is -2.42. The van der Waals surface area contributed by atoms with Crippen molar-refractivity contribution in [2.45, 2.75) is 44.8 Å². The number of amides is 1. The average molecular weight is 343 g/mol. The summed E-state index contributed by atoms with van der Waals surface area (Å²) >= 11 is 0. The number of alkyl halides is 3. The first kappa shape index (κ1) is 18.3. The molecule has 0 unspecified atom stereocenters. The summed E-state index contributed by atoms with van der Waals surface area (Å²) in [5.74, 6) is -1.02.